The van der Waals surface area contributed by atoms with Gasteiger partial charge in [-0.1, -0.05) is 0 Å². The van der Waals surface area contributed by atoms with Crippen molar-refractivity contribution in [2.75, 3.05) is 20.2 Å². The molecule has 1 aliphatic heterocycles. The van der Waals surface area contributed by atoms with E-state index in [9.17, 15) is 9.59 Å². The molecule has 0 atom stereocenters. The number of nitrogens with one attached hydrogen (secondary N) is 1. The maximum atomic E-state index is 12.6. The van der Waals surface area contributed by atoms with E-state index in [1.165, 1.54) is 13.3 Å². The predicted octanol–water partition coefficient (Wildman–Crippen LogP) is 1.66. The molecule has 1 saturated heterocycles. The van der Waals surface area contributed by atoms with E-state index in [2.05, 4.69) is 15.0 Å². The molecule has 0 spiro atoms. The van der Waals surface area contributed by atoms with Crippen molar-refractivity contribution in [1.29, 1.82) is 5.41 Å². The molecule has 29 heavy (non-hydrogen) atoms. The van der Waals surface area contributed by atoms with Crippen LogP contribution in [0.3, 0.4) is 0 Å². The Morgan fingerprint density at radius 3 is 2.34 bits per heavy atom. The van der Waals surface area contributed by atoms with E-state index in [1.54, 1.807) is 29.4 Å². The number of carbonyl (C=O) groups excluding carboxylic acids is 2. The first-order chi connectivity index (χ1) is 13.5. The number of piperidine rings is 1. The summed E-state index contributed by atoms with van der Waals surface area (Å²) in [6, 6.07) is 3.42. The van der Waals surface area contributed by atoms with E-state index < -0.39 is 0 Å². The van der Waals surface area contributed by atoms with Gasteiger partial charge in [0.1, 0.15) is 5.84 Å². The Bertz CT molecular complexity index is 865. The minimum absolute atomic E-state index is 0. The van der Waals surface area contributed by atoms with Crippen LogP contribution in [0.5, 0.6) is 0 Å². The lowest BCUT2D eigenvalue weighted by molar-refractivity contribution is -0.142. The first-order valence-corrected chi connectivity index (χ1v) is 8.97. The van der Waals surface area contributed by atoms with E-state index in [-0.39, 0.29) is 41.9 Å². The highest BCUT2D eigenvalue weighted by Gasteiger charge is 2.26. The monoisotopic (exact) mass is 418 g/mol. The zero-order valence-electron chi connectivity index (χ0n) is 16.0. The van der Waals surface area contributed by atoms with Gasteiger partial charge in [-0.05, 0) is 30.9 Å². The molecule has 0 aliphatic carbocycles. The number of carbonyl (C=O) groups is 2. The zero-order valence-corrected chi connectivity index (χ0v) is 16.8. The highest BCUT2D eigenvalue weighted by atomic mass is 35.5. The number of likely N-dealkylation sites (tertiary alicyclic amines) is 1. The third-order valence-electron chi connectivity index (χ3n) is 4.80. The van der Waals surface area contributed by atoms with Crippen LogP contribution in [0, 0.1) is 11.3 Å². The van der Waals surface area contributed by atoms with E-state index in [0.29, 0.717) is 36.3 Å². The number of halogens is 1. The van der Waals surface area contributed by atoms with Gasteiger partial charge >= 0.3 is 5.97 Å². The summed E-state index contributed by atoms with van der Waals surface area (Å²) < 4.78 is 4.70. The first kappa shape index (κ1) is 22.2. The molecule has 10 heteroatoms. The van der Waals surface area contributed by atoms with Crippen molar-refractivity contribution < 1.29 is 14.3 Å². The summed E-state index contributed by atoms with van der Waals surface area (Å²) in [6.45, 7) is 1.14. The number of hydrogen-bond acceptors (Lipinski definition) is 7. The fraction of sp³-hybridized carbons (Fsp3) is 0.368. The van der Waals surface area contributed by atoms with Gasteiger partial charge in [-0.3, -0.25) is 20.0 Å². The average Bonchev–Trinajstić information content (AvgIpc) is 2.74. The lowest BCUT2D eigenvalue weighted by atomic mass is 9.93. The molecule has 3 N–H and O–H groups in total. The van der Waals surface area contributed by atoms with Gasteiger partial charge in [-0.2, -0.15) is 0 Å². The number of amides is 1. The Morgan fingerprint density at radius 1 is 1.17 bits per heavy atom. The lowest BCUT2D eigenvalue weighted by Gasteiger charge is -2.31. The molecule has 3 heterocycles. The molecule has 0 aromatic carbocycles. The smallest absolute Gasteiger partial charge is 0.305 e. The number of esters is 1. The second-order valence-corrected chi connectivity index (χ2v) is 6.66. The Hall–Kier alpha value is -3.07. The number of aromatic nitrogens is 3. The van der Waals surface area contributed by atoms with Gasteiger partial charge in [0.05, 0.1) is 12.8 Å². The van der Waals surface area contributed by atoms with E-state index in [4.69, 9.17) is 15.9 Å². The summed E-state index contributed by atoms with van der Waals surface area (Å²) in [5, 5.41) is 7.39. The minimum atomic E-state index is -0.219. The number of nitrogens with two attached hydrogens (primary N) is 1. The molecule has 1 amide bonds. The first-order valence-electron chi connectivity index (χ1n) is 8.97. The molecule has 2 aromatic rings. The zero-order chi connectivity index (χ0) is 20.1. The van der Waals surface area contributed by atoms with Gasteiger partial charge in [-0.15, -0.1) is 12.4 Å². The Kier molecular flexibility index (Phi) is 7.60. The largest absolute Gasteiger partial charge is 0.469 e. The van der Waals surface area contributed by atoms with Crippen molar-refractivity contribution in [2.45, 2.75) is 19.3 Å². The normalized spacial score (nSPS) is 14.0. The van der Waals surface area contributed by atoms with Crippen molar-refractivity contribution in [2.24, 2.45) is 11.7 Å². The molecule has 154 valence electrons. The van der Waals surface area contributed by atoms with Crippen molar-refractivity contribution in [3.05, 3.63) is 42.1 Å². The van der Waals surface area contributed by atoms with Gasteiger partial charge in [0.15, 0.2) is 0 Å². The van der Waals surface area contributed by atoms with Gasteiger partial charge < -0.3 is 15.4 Å². The summed E-state index contributed by atoms with van der Waals surface area (Å²) in [5.74, 6) is -0.109. The summed E-state index contributed by atoms with van der Waals surface area (Å²) in [4.78, 5) is 38.3. The van der Waals surface area contributed by atoms with Crippen LogP contribution in [-0.2, 0) is 9.53 Å². The van der Waals surface area contributed by atoms with E-state index in [1.807, 2.05) is 0 Å². The molecule has 0 radical (unpaired) electrons. The third kappa shape index (κ3) is 5.47. The van der Waals surface area contributed by atoms with Gasteiger partial charge in [0, 0.05) is 49.2 Å². The fourth-order valence-corrected chi connectivity index (χ4v) is 3.10. The number of amidine groups is 1. The quantitative estimate of drug-likeness (QED) is 0.428. The summed E-state index contributed by atoms with van der Waals surface area (Å²) in [5.41, 5.74) is 7.26. The second kappa shape index (κ2) is 9.92. The fourth-order valence-electron chi connectivity index (χ4n) is 3.10. The SMILES string of the molecule is COC(=O)CC1CCN(C(=O)c2ncc(-c3ccc(C(=N)N)cn3)cn2)CC1.Cl. The molecular formula is C19H23ClN6O3. The number of nitrogen functional groups attached to an aromatic ring is 1. The highest BCUT2D eigenvalue weighted by molar-refractivity contribution is 5.94. The Balaban J connectivity index is 0.00000300. The van der Waals surface area contributed by atoms with Crippen LogP contribution < -0.4 is 5.73 Å². The van der Waals surface area contributed by atoms with Crippen molar-refractivity contribution in [3.8, 4) is 11.3 Å². The summed E-state index contributed by atoms with van der Waals surface area (Å²) >= 11 is 0. The van der Waals surface area contributed by atoms with Gasteiger partial charge in [-0.25, -0.2) is 9.97 Å². The number of ether oxygens (including phenoxy) is 1. The predicted molar refractivity (Wildman–Crippen MR) is 109 cm³/mol. The molecule has 0 saturated carbocycles. The molecule has 2 aromatic heterocycles. The lowest BCUT2D eigenvalue weighted by Crippen LogP contribution is -2.39. The van der Waals surface area contributed by atoms with E-state index >= 15 is 0 Å². The van der Waals surface area contributed by atoms with Crippen LogP contribution in [0.1, 0.15) is 35.4 Å². The molecule has 1 fully saturated rings. The van der Waals surface area contributed by atoms with Gasteiger partial charge in [0.2, 0.25) is 5.82 Å². The van der Waals surface area contributed by atoms with Crippen LogP contribution in [0.2, 0.25) is 0 Å². The molecular weight excluding hydrogens is 396 g/mol. The van der Waals surface area contributed by atoms with Crippen molar-refractivity contribution in [1.82, 2.24) is 19.9 Å². The molecule has 1 aliphatic rings. The van der Waals surface area contributed by atoms with Crippen LogP contribution in [0.25, 0.3) is 11.3 Å². The molecule has 9 nitrogen and oxygen atoms in total. The van der Waals surface area contributed by atoms with Crippen LogP contribution in [-0.4, -0.2) is 57.8 Å². The van der Waals surface area contributed by atoms with E-state index in [0.717, 1.165) is 12.8 Å². The molecule has 3 rings (SSSR count). The number of hydrogen-bond donors (Lipinski definition) is 2. The second-order valence-electron chi connectivity index (χ2n) is 6.66. The average molecular weight is 419 g/mol. The molecule has 0 unspecified atom stereocenters. The maximum Gasteiger partial charge on any atom is 0.305 e. The summed E-state index contributed by atoms with van der Waals surface area (Å²) in [7, 11) is 1.38. The standard InChI is InChI=1S/C19H22N6O3.ClH/c1-28-16(26)8-12-4-6-25(7-5-12)19(27)18-23-10-14(11-24-18)15-3-2-13(9-22-15)17(20)21;/h2-3,9-12H,4-8H2,1H3,(H3,20,21);1H. The van der Waals surface area contributed by atoms with Crippen LogP contribution >= 0.6 is 12.4 Å². The number of rotatable bonds is 5. The van der Waals surface area contributed by atoms with Crippen LogP contribution in [0.4, 0.5) is 0 Å². The summed E-state index contributed by atoms with van der Waals surface area (Å²) in [6.07, 6.45) is 6.52. The Labute approximate surface area is 174 Å². The highest BCUT2D eigenvalue weighted by Crippen LogP contribution is 2.22. The van der Waals surface area contributed by atoms with Crippen molar-refractivity contribution in [3.63, 3.8) is 0 Å². The molecule has 0 bridgehead atoms. The number of pyridine rings is 1. The van der Waals surface area contributed by atoms with Crippen molar-refractivity contribution >= 4 is 30.1 Å². The number of methoxy groups -OCH3 is 1. The Morgan fingerprint density at radius 2 is 1.83 bits per heavy atom. The maximum absolute atomic E-state index is 12.6. The van der Waals surface area contributed by atoms with Gasteiger partial charge in [0.25, 0.3) is 5.91 Å². The topological polar surface area (TPSA) is 135 Å². The number of nitrogens with zero attached hydrogens (tertiary/aromatic N) is 4. The van der Waals surface area contributed by atoms with Crippen LogP contribution in [0.15, 0.2) is 30.7 Å². The third-order valence-corrected chi connectivity index (χ3v) is 4.80. The minimum Gasteiger partial charge on any atom is -0.469 e.